The van der Waals surface area contributed by atoms with E-state index in [0.717, 1.165) is 49.8 Å². The zero-order chi connectivity index (χ0) is 19.9. The summed E-state index contributed by atoms with van der Waals surface area (Å²) in [5, 5.41) is 6.26. The lowest BCUT2D eigenvalue weighted by atomic mass is 9.98. The summed E-state index contributed by atoms with van der Waals surface area (Å²) in [5.41, 5.74) is 4.25. The lowest BCUT2D eigenvalue weighted by molar-refractivity contribution is -0.116. The van der Waals surface area contributed by atoms with E-state index in [-0.39, 0.29) is 11.9 Å². The van der Waals surface area contributed by atoms with Crippen LogP contribution in [0.4, 0.5) is 17.1 Å². The molecule has 150 valence electrons. The Balaban J connectivity index is 1.53. The molecule has 0 aromatic heterocycles. The maximum Gasteiger partial charge on any atom is 0.246 e. The minimum Gasteiger partial charge on any atom is -0.378 e. The van der Waals surface area contributed by atoms with E-state index in [4.69, 9.17) is 4.74 Å². The van der Waals surface area contributed by atoms with Crippen molar-refractivity contribution in [3.63, 3.8) is 0 Å². The first kappa shape index (κ1) is 20.2. The highest BCUT2D eigenvalue weighted by atomic mass is 16.5. The van der Waals surface area contributed by atoms with E-state index in [1.165, 1.54) is 5.56 Å². The molecule has 1 saturated heterocycles. The molecular weight excluding hydrogens is 350 g/mol. The summed E-state index contributed by atoms with van der Waals surface area (Å²) < 4.78 is 5.39. The van der Waals surface area contributed by atoms with Gasteiger partial charge in [0.05, 0.1) is 13.2 Å². The summed E-state index contributed by atoms with van der Waals surface area (Å²) in [6, 6.07) is 16.0. The van der Waals surface area contributed by atoms with Crippen molar-refractivity contribution in [3.05, 3.63) is 54.1 Å². The van der Waals surface area contributed by atoms with Gasteiger partial charge in [-0.1, -0.05) is 26.0 Å². The molecule has 1 aliphatic heterocycles. The van der Waals surface area contributed by atoms with Crippen LogP contribution in [-0.4, -0.2) is 38.3 Å². The highest BCUT2D eigenvalue weighted by Gasteiger charge is 2.14. The van der Waals surface area contributed by atoms with Crippen molar-refractivity contribution in [2.45, 2.75) is 39.2 Å². The van der Waals surface area contributed by atoms with Crippen molar-refractivity contribution in [1.82, 2.24) is 0 Å². The number of amides is 1. The van der Waals surface area contributed by atoms with Gasteiger partial charge in [-0.2, -0.15) is 0 Å². The monoisotopic (exact) mass is 381 g/mol. The van der Waals surface area contributed by atoms with E-state index in [1.54, 1.807) is 0 Å². The molecule has 0 spiro atoms. The van der Waals surface area contributed by atoms with Crippen LogP contribution in [0, 0.1) is 0 Å². The van der Waals surface area contributed by atoms with E-state index >= 15 is 0 Å². The molecule has 0 unspecified atom stereocenters. The Morgan fingerprint density at radius 1 is 1.00 bits per heavy atom. The molecule has 1 aliphatic rings. The van der Waals surface area contributed by atoms with Crippen molar-refractivity contribution in [2.75, 3.05) is 41.8 Å². The summed E-state index contributed by atoms with van der Waals surface area (Å²) in [7, 11) is 0. The van der Waals surface area contributed by atoms with E-state index in [0.29, 0.717) is 5.92 Å². The maximum atomic E-state index is 12.5. The Bertz CT molecular complexity index is 752. The molecule has 2 aromatic rings. The second-order valence-corrected chi connectivity index (χ2v) is 7.43. The van der Waals surface area contributed by atoms with Crippen molar-refractivity contribution >= 4 is 23.0 Å². The number of nitrogens with one attached hydrogen (secondary N) is 2. The fraction of sp³-hybridized carbons (Fsp3) is 0.435. The zero-order valence-corrected chi connectivity index (χ0v) is 17.1. The van der Waals surface area contributed by atoms with Crippen LogP contribution >= 0.6 is 0 Å². The Hall–Kier alpha value is -2.53. The number of rotatable bonds is 7. The highest BCUT2D eigenvalue weighted by Crippen LogP contribution is 2.22. The fourth-order valence-electron chi connectivity index (χ4n) is 3.29. The Labute approximate surface area is 168 Å². The number of morpholine rings is 1. The second kappa shape index (κ2) is 9.60. The van der Waals surface area contributed by atoms with Gasteiger partial charge in [0.2, 0.25) is 5.91 Å². The number of nitrogens with zero attached hydrogens (tertiary/aromatic N) is 1. The van der Waals surface area contributed by atoms with E-state index in [9.17, 15) is 4.79 Å². The van der Waals surface area contributed by atoms with Gasteiger partial charge in [0.1, 0.15) is 6.04 Å². The van der Waals surface area contributed by atoms with E-state index in [2.05, 4.69) is 41.5 Å². The van der Waals surface area contributed by atoms with Crippen LogP contribution in [0.25, 0.3) is 0 Å². The van der Waals surface area contributed by atoms with Gasteiger partial charge >= 0.3 is 0 Å². The van der Waals surface area contributed by atoms with Crippen LogP contribution in [0.1, 0.15) is 38.7 Å². The quantitative estimate of drug-likeness (QED) is 0.743. The average Bonchev–Trinajstić information content (AvgIpc) is 2.75. The first-order valence-electron chi connectivity index (χ1n) is 10.2. The predicted octanol–water partition coefficient (Wildman–Crippen LogP) is 4.48. The number of benzene rings is 2. The van der Waals surface area contributed by atoms with Crippen LogP contribution in [-0.2, 0) is 9.53 Å². The minimum absolute atomic E-state index is 0.0508. The van der Waals surface area contributed by atoms with Crippen LogP contribution in [0.15, 0.2) is 48.5 Å². The first-order chi connectivity index (χ1) is 13.6. The molecule has 5 heteroatoms. The topological polar surface area (TPSA) is 53.6 Å². The minimum atomic E-state index is -0.326. The van der Waals surface area contributed by atoms with Gasteiger partial charge in [-0.3, -0.25) is 4.79 Å². The zero-order valence-electron chi connectivity index (χ0n) is 17.1. The molecule has 0 aliphatic carbocycles. The first-order valence-corrected chi connectivity index (χ1v) is 10.2. The van der Waals surface area contributed by atoms with Crippen molar-refractivity contribution in [1.29, 1.82) is 0 Å². The smallest absolute Gasteiger partial charge is 0.246 e. The van der Waals surface area contributed by atoms with Crippen LogP contribution in [0.2, 0.25) is 0 Å². The third-order valence-electron chi connectivity index (χ3n) is 5.38. The van der Waals surface area contributed by atoms with Crippen LogP contribution in [0.5, 0.6) is 0 Å². The second-order valence-electron chi connectivity index (χ2n) is 7.43. The average molecular weight is 382 g/mol. The number of hydrogen-bond donors (Lipinski definition) is 2. The van der Waals surface area contributed by atoms with Gasteiger partial charge in [-0.25, -0.2) is 0 Å². The molecule has 2 aromatic carbocycles. The fourth-order valence-corrected chi connectivity index (χ4v) is 3.29. The number of carbonyl (C=O) groups excluding carboxylic acids is 1. The summed E-state index contributed by atoms with van der Waals surface area (Å²) in [4.78, 5) is 14.8. The highest BCUT2D eigenvalue weighted by molar-refractivity contribution is 5.96. The SMILES string of the molecule is CC[C@H](C)c1ccc(N[C@H](C)C(=O)Nc2ccc(N3CCOCC3)cc2)cc1. The van der Waals surface area contributed by atoms with Gasteiger partial charge in [0.15, 0.2) is 0 Å². The Morgan fingerprint density at radius 2 is 1.61 bits per heavy atom. The molecule has 3 rings (SSSR count). The number of hydrogen-bond acceptors (Lipinski definition) is 4. The standard InChI is InChI=1S/C23H31N3O2/c1-4-17(2)19-5-7-20(8-6-19)24-18(3)23(27)25-21-9-11-22(12-10-21)26-13-15-28-16-14-26/h5-12,17-18,24H,4,13-16H2,1-3H3,(H,25,27)/t17-,18+/m0/s1. The summed E-state index contributed by atoms with van der Waals surface area (Å²) in [5.74, 6) is 0.500. The number of ether oxygens (including phenoxy) is 1. The van der Waals surface area contributed by atoms with Gasteiger partial charge < -0.3 is 20.3 Å². The summed E-state index contributed by atoms with van der Waals surface area (Å²) >= 11 is 0. The lowest BCUT2D eigenvalue weighted by Gasteiger charge is -2.29. The summed E-state index contributed by atoms with van der Waals surface area (Å²) in [6.45, 7) is 9.63. The molecule has 1 fully saturated rings. The molecule has 2 atom stereocenters. The van der Waals surface area contributed by atoms with Crippen LogP contribution < -0.4 is 15.5 Å². The van der Waals surface area contributed by atoms with E-state index in [1.807, 2.05) is 43.3 Å². The molecule has 1 heterocycles. The number of anilines is 3. The molecule has 0 saturated carbocycles. The van der Waals surface area contributed by atoms with Gasteiger partial charge in [-0.15, -0.1) is 0 Å². The molecule has 28 heavy (non-hydrogen) atoms. The summed E-state index contributed by atoms with van der Waals surface area (Å²) in [6.07, 6.45) is 1.12. The molecule has 5 nitrogen and oxygen atoms in total. The predicted molar refractivity (Wildman–Crippen MR) is 116 cm³/mol. The van der Waals surface area contributed by atoms with Gasteiger partial charge in [-0.05, 0) is 61.2 Å². The third kappa shape index (κ3) is 5.26. The number of carbonyl (C=O) groups is 1. The molecule has 0 radical (unpaired) electrons. The molecule has 0 bridgehead atoms. The largest absolute Gasteiger partial charge is 0.378 e. The van der Waals surface area contributed by atoms with E-state index < -0.39 is 0 Å². The van der Waals surface area contributed by atoms with Gasteiger partial charge in [0.25, 0.3) is 0 Å². The molecular formula is C23H31N3O2. The maximum absolute atomic E-state index is 12.5. The van der Waals surface area contributed by atoms with Crippen molar-refractivity contribution in [3.8, 4) is 0 Å². The van der Waals surface area contributed by atoms with Gasteiger partial charge in [0, 0.05) is 30.2 Å². The normalized spacial score (nSPS) is 16.3. The Morgan fingerprint density at radius 3 is 2.21 bits per heavy atom. The Kier molecular flexibility index (Phi) is 6.93. The van der Waals surface area contributed by atoms with Crippen molar-refractivity contribution < 1.29 is 9.53 Å². The molecule has 2 N–H and O–H groups in total. The van der Waals surface area contributed by atoms with Crippen molar-refractivity contribution in [2.24, 2.45) is 0 Å². The lowest BCUT2D eigenvalue weighted by Crippen LogP contribution is -2.36. The van der Waals surface area contributed by atoms with Crippen LogP contribution in [0.3, 0.4) is 0 Å². The molecule has 1 amide bonds. The third-order valence-corrected chi connectivity index (χ3v) is 5.38.